The van der Waals surface area contributed by atoms with Crippen molar-refractivity contribution < 1.29 is 19.3 Å². The molecular formula is C13H15N4O3+. The number of ether oxygens (including phenoxy) is 1. The van der Waals surface area contributed by atoms with E-state index in [1.807, 2.05) is 6.92 Å². The third-order valence-electron chi connectivity index (χ3n) is 2.70. The van der Waals surface area contributed by atoms with Gasteiger partial charge in [-0.05, 0) is 12.0 Å². The molecule has 0 amide bonds. The average Bonchev–Trinajstić information content (AvgIpc) is 2.46. The molecule has 2 aromatic rings. The first-order valence-corrected chi connectivity index (χ1v) is 6.05. The van der Waals surface area contributed by atoms with Crippen molar-refractivity contribution >= 4 is 5.97 Å². The molecule has 0 fully saturated rings. The number of aliphatic carboxylic acids is 1. The normalized spacial score (nSPS) is 10.3. The van der Waals surface area contributed by atoms with Gasteiger partial charge in [-0.3, -0.25) is 4.79 Å². The Labute approximate surface area is 115 Å². The summed E-state index contributed by atoms with van der Waals surface area (Å²) in [6, 6.07) is 1.79. The van der Waals surface area contributed by atoms with Gasteiger partial charge in [-0.1, -0.05) is 4.68 Å². The van der Waals surface area contributed by atoms with Crippen LogP contribution in [0.2, 0.25) is 0 Å². The summed E-state index contributed by atoms with van der Waals surface area (Å²) < 4.78 is 6.71. The Hall–Kier alpha value is -2.57. The van der Waals surface area contributed by atoms with Gasteiger partial charge in [0.25, 0.3) is 0 Å². The molecule has 0 aliphatic heterocycles. The summed E-state index contributed by atoms with van der Waals surface area (Å²) in [6.07, 6.45) is 5.03. The van der Waals surface area contributed by atoms with E-state index in [1.165, 1.54) is 0 Å². The first-order valence-electron chi connectivity index (χ1n) is 6.05. The number of hydrogen-bond acceptors (Lipinski definition) is 5. The highest BCUT2D eigenvalue weighted by Crippen LogP contribution is 2.18. The van der Waals surface area contributed by atoms with Crippen LogP contribution in [0.1, 0.15) is 12.0 Å². The Morgan fingerprint density at radius 1 is 1.45 bits per heavy atom. The number of carboxylic acid groups (broad SMARTS) is 1. The third kappa shape index (κ3) is 3.25. The molecule has 0 saturated carbocycles. The van der Waals surface area contributed by atoms with Gasteiger partial charge < -0.3 is 9.84 Å². The maximum absolute atomic E-state index is 10.5. The van der Waals surface area contributed by atoms with E-state index in [4.69, 9.17) is 9.84 Å². The molecule has 2 rings (SSSR count). The fourth-order valence-corrected chi connectivity index (χ4v) is 1.63. The van der Waals surface area contributed by atoms with Gasteiger partial charge in [0.2, 0.25) is 5.88 Å². The van der Waals surface area contributed by atoms with E-state index in [2.05, 4.69) is 15.1 Å². The van der Waals surface area contributed by atoms with Crippen LogP contribution in [0.4, 0.5) is 0 Å². The van der Waals surface area contributed by atoms with E-state index in [0.29, 0.717) is 18.2 Å². The van der Waals surface area contributed by atoms with Crippen LogP contribution < -0.4 is 9.42 Å². The largest absolute Gasteiger partial charge is 0.481 e. The molecule has 0 bridgehead atoms. The van der Waals surface area contributed by atoms with Gasteiger partial charge in [0, 0.05) is 23.4 Å². The highest BCUT2D eigenvalue weighted by Gasteiger charge is 2.10. The van der Waals surface area contributed by atoms with Crippen molar-refractivity contribution in [2.45, 2.75) is 19.9 Å². The monoisotopic (exact) mass is 275 g/mol. The summed E-state index contributed by atoms with van der Waals surface area (Å²) in [7, 11) is 1.56. The van der Waals surface area contributed by atoms with Crippen molar-refractivity contribution in [2.75, 3.05) is 7.11 Å². The van der Waals surface area contributed by atoms with Crippen molar-refractivity contribution in [3.63, 3.8) is 0 Å². The van der Waals surface area contributed by atoms with E-state index in [9.17, 15) is 4.79 Å². The molecule has 0 unspecified atom stereocenters. The number of aromatic nitrogens is 4. The van der Waals surface area contributed by atoms with Crippen molar-refractivity contribution in [3.8, 4) is 17.3 Å². The lowest BCUT2D eigenvalue weighted by molar-refractivity contribution is -0.752. The number of carboxylic acids is 1. The summed E-state index contributed by atoms with van der Waals surface area (Å²) in [5.41, 5.74) is 1.60. The molecule has 0 aliphatic carbocycles. The summed E-state index contributed by atoms with van der Waals surface area (Å²) >= 11 is 0. The summed E-state index contributed by atoms with van der Waals surface area (Å²) in [5, 5.41) is 12.8. The number of rotatable bonds is 5. The highest BCUT2D eigenvalue weighted by molar-refractivity contribution is 5.66. The second-order valence-corrected chi connectivity index (χ2v) is 4.21. The summed E-state index contributed by atoms with van der Waals surface area (Å²) in [4.78, 5) is 19.0. The van der Waals surface area contributed by atoms with Crippen molar-refractivity contribution in [2.24, 2.45) is 0 Å². The van der Waals surface area contributed by atoms with E-state index in [1.54, 1.807) is 36.4 Å². The topological polar surface area (TPSA) is 89.1 Å². The molecule has 20 heavy (non-hydrogen) atoms. The number of aryl methyl sites for hydroxylation is 2. The summed E-state index contributed by atoms with van der Waals surface area (Å²) in [5.74, 6) is 0.193. The average molecular weight is 275 g/mol. The fraction of sp³-hybridized carbons (Fsp3) is 0.308. The summed E-state index contributed by atoms with van der Waals surface area (Å²) in [6.45, 7) is 2.19. The molecule has 0 saturated heterocycles. The second kappa shape index (κ2) is 6.05. The molecule has 2 heterocycles. The fourth-order valence-electron chi connectivity index (χ4n) is 1.63. The first kappa shape index (κ1) is 13.9. The predicted molar refractivity (Wildman–Crippen MR) is 69.0 cm³/mol. The van der Waals surface area contributed by atoms with Gasteiger partial charge in [0.15, 0.2) is 18.6 Å². The van der Waals surface area contributed by atoms with E-state index in [-0.39, 0.29) is 6.42 Å². The zero-order valence-electron chi connectivity index (χ0n) is 11.3. The molecule has 0 atom stereocenters. The van der Waals surface area contributed by atoms with Crippen LogP contribution in [0.3, 0.4) is 0 Å². The quantitative estimate of drug-likeness (QED) is 0.804. The molecule has 104 valence electrons. The zero-order valence-corrected chi connectivity index (χ0v) is 11.3. The van der Waals surface area contributed by atoms with Crippen molar-refractivity contribution in [1.29, 1.82) is 0 Å². The number of carbonyl (C=O) groups is 1. The Morgan fingerprint density at radius 2 is 2.25 bits per heavy atom. The SMILES string of the molecule is COc1nc(-c2cc[n+](CCC(=O)O)nc2)ncc1C. The lowest BCUT2D eigenvalue weighted by Gasteiger charge is -2.04. The smallest absolute Gasteiger partial charge is 0.309 e. The molecule has 7 nitrogen and oxygen atoms in total. The maximum Gasteiger partial charge on any atom is 0.309 e. The van der Waals surface area contributed by atoms with Crippen LogP contribution in [0, 0.1) is 6.92 Å². The molecule has 0 spiro atoms. The number of methoxy groups -OCH3 is 1. The van der Waals surface area contributed by atoms with E-state index < -0.39 is 5.97 Å². The Bertz CT molecular complexity index is 614. The lowest BCUT2D eigenvalue weighted by Crippen LogP contribution is -2.38. The van der Waals surface area contributed by atoms with Crippen molar-refractivity contribution in [1.82, 2.24) is 15.1 Å². The Balaban J connectivity index is 2.19. The Morgan fingerprint density at radius 3 is 2.85 bits per heavy atom. The molecule has 0 radical (unpaired) electrons. The van der Waals surface area contributed by atoms with Crippen LogP contribution in [0.15, 0.2) is 24.7 Å². The van der Waals surface area contributed by atoms with Gasteiger partial charge in [-0.25, -0.2) is 4.98 Å². The number of hydrogen-bond donors (Lipinski definition) is 1. The van der Waals surface area contributed by atoms with Crippen LogP contribution in [0.25, 0.3) is 11.4 Å². The Kier molecular flexibility index (Phi) is 4.19. The molecular weight excluding hydrogens is 260 g/mol. The number of nitrogens with zero attached hydrogens (tertiary/aromatic N) is 4. The minimum absolute atomic E-state index is 0.0336. The zero-order chi connectivity index (χ0) is 14.5. The van der Waals surface area contributed by atoms with Crippen LogP contribution >= 0.6 is 0 Å². The van der Waals surface area contributed by atoms with Crippen LogP contribution in [0.5, 0.6) is 5.88 Å². The minimum atomic E-state index is -0.852. The van der Waals surface area contributed by atoms with Crippen LogP contribution in [-0.4, -0.2) is 33.3 Å². The van der Waals surface area contributed by atoms with Gasteiger partial charge in [-0.2, -0.15) is 4.98 Å². The second-order valence-electron chi connectivity index (χ2n) is 4.21. The lowest BCUT2D eigenvalue weighted by atomic mass is 10.2. The van der Waals surface area contributed by atoms with E-state index >= 15 is 0 Å². The third-order valence-corrected chi connectivity index (χ3v) is 2.70. The standard InChI is InChI=1S/C13H14N4O3/c1-9-7-14-12(16-13(9)20-2)10-3-5-17(15-8-10)6-4-11(18)19/h3,5,7-8H,4,6H2,1-2H3/p+1. The van der Waals surface area contributed by atoms with Gasteiger partial charge in [-0.15, -0.1) is 0 Å². The molecule has 1 N–H and O–H groups in total. The van der Waals surface area contributed by atoms with E-state index in [0.717, 1.165) is 11.1 Å². The highest BCUT2D eigenvalue weighted by atomic mass is 16.5. The van der Waals surface area contributed by atoms with Gasteiger partial charge in [0.1, 0.15) is 12.6 Å². The maximum atomic E-state index is 10.5. The molecule has 0 aromatic carbocycles. The van der Waals surface area contributed by atoms with Gasteiger partial charge >= 0.3 is 5.97 Å². The van der Waals surface area contributed by atoms with Crippen molar-refractivity contribution in [3.05, 3.63) is 30.2 Å². The first-order chi connectivity index (χ1) is 9.60. The molecule has 2 aromatic heterocycles. The predicted octanol–water partition coefficient (Wildman–Crippen LogP) is 0.618. The molecule has 0 aliphatic rings. The van der Waals surface area contributed by atoms with Gasteiger partial charge in [0.05, 0.1) is 7.11 Å². The van der Waals surface area contributed by atoms with Crippen LogP contribution in [-0.2, 0) is 11.3 Å². The minimum Gasteiger partial charge on any atom is -0.481 e. The molecule has 7 heteroatoms.